The van der Waals surface area contributed by atoms with Crippen LogP contribution in [0.4, 0.5) is 0 Å². The first-order valence-electron chi connectivity index (χ1n) is 4.93. The summed E-state index contributed by atoms with van der Waals surface area (Å²) in [7, 11) is 0. The number of nitriles is 1. The van der Waals surface area contributed by atoms with Gasteiger partial charge in [-0.3, -0.25) is 0 Å². The molecule has 0 unspecified atom stereocenters. The highest BCUT2D eigenvalue weighted by atomic mass is 15.0. The molecule has 1 rings (SSSR count). The van der Waals surface area contributed by atoms with Crippen molar-refractivity contribution in [3.63, 3.8) is 0 Å². The molecule has 14 heavy (non-hydrogen) atoms. The summed E-state index contributed by atoms with van der Waals surface area (Å²) in [4.78, 5) is 0. The number of rotatable bonds is 2. The third-order valence-electron chi connectivity index (χ3n) is 1.84. The van der Waals surface area contributed by atoms with E-state index in [1.165, 1.54) is 0 Å². The highest BCUT2D eigenvalue weighted by Crippen LogP contribution is 2.16. The predicted octanol–water partition coefficient (Wildman–Crippen LogP) is 3.51. The van der Waals surface area contributed by atoms with Crippen LogP contribution in [0.15, 0.2) is 24.9 Å². The third-order valence-corrected chi connectivity index (χ3v) is 1.84. The van der Waals surface area contributed by atoms with Crippen molar-refractivity contribution in [1.82, 2.24) is 4.57 Å². The lowest BCUT2D eigenvalue weighted by Crippen LogP contribution is -2.02. The summed E-state index contributed by atoms with van der Waals surface area (Å²) in [6.07, 6.45) is 1.86. The number of hydrogen-bond donors (Lipinski definition) is 0. The molecule has 1 aromatic heterocycles. The molecule has 0 spiro atoms. The van der Waals surface area contributed by atoms with Gasteiger partial charge in [0.25, 0.3) is 0 Å². The van der Waals surface area contributed by atoms with E-state index in [4.69, 9.17) is 5.26 Å². The van der Waals surface area contributed by atoms with E-state index in [1.807, 2.05) is 30.7 Å². The van der Waals surface area contributed by atoms with E-state index in [1.54, 1.807) is 6.07 Å². The summed E-state index contributed by atoms with van der Waals surface area (Å²) >= 11 is 0. The zero-order valence-electron chi connectivity index (χ0n) is 9.41. The van der Waals surface area contributed by atoms with Gasteiger partial charge in [-0.2, -0.15) is 5.26 Å². The first-order valence-corrected chi connectivity index (χ1v) is 4.93. The molecule has 0 atom stereocenters. The van der Waals surface area contributed by atoms with Crippen LogP contribution in [0.1, 0.15) is 33.4 Å². The van der Waals surface area contributed by atoms with Crippen LogP contribution in [0.5, 0.6) is 0 Å². The summed E-state index contributed by atoms with van der Waals surface area (Å²) in [5, 5.41) is 8.73. The van der Waals surface area contributed by atoms with Crippen molar-refractivity contribution in [2.45, 2.75) is 27.7 Å². The molecule has 2 nitrogen and oxygen atoms in total. The van der Waals surface area contributed by atoms with Crippen molar-refractivity contribution in [2.24, 2.45) is 5.92 Å². The quantitative estimate of drug-likeness (QED) is 0.701. The normalized spacial score (nSPS) is 8.86. The number of hydrogen-bond acceptors (Lipinski definition) is 1. The zero-order valence-corrected chi connectivity index (χ0v) is 9.41. The Labute approximate surface area is 86.5 Å². The summed E-state index contributed by atoms with van der Waals surface area (Å²) in [5.41, 5.74) is 1.60. The van der Waals surface area contributed by atoms with Gasteiger partial charge in [0.15, 0.2) is 0 Å². The van der Waals surface area contributed by atoms with Crippen LogP contribution in [0.3, 0.4) is 0 Å². The molecular weight excluding hydrogens is 172 g/mol. The smallest absolute Gasteiger partial charge is 0.124 e. The van der Waals surface area contributed by atoms with Gasteiger partial charge < -0.3 is 4.57 Å². The second kappa shape index (κ2) is 6.04. The van der Waals surface area contributed by atoms with Gasteiger partial charge in [-0.1, -0.05) is 34.3 Å². The monoisotopic (exact) mass is 190 g/mol. The lowest BCUT2D eigenvalue weighted by molar-refractivity contribution is 0.792. The van der Waals surface area contributed by atoms with Crippen molar-refractivity contribution in [3.8, 4) is 6.07 Å². The summed E-state index contributed by atoms with van der Waals surface area (Å²) < 4.78 is 1.82. The number of nitrogens with zero attached hydrogens (tertiary/aromatic N) is 2. The van der Waals surface area contributed by atoms with E-state index < -0.39 is 0 Å². The Balaban J connectivity index is 0.000000791. The standard InChI is InChI=1S/C10H12N2.C2H6/c1-8(2)9(3)12-6-4-5-10(12)7-11;1-2/h4-6,8H,3H2,1-2H3;1-2H3. The SMILES string of the molecule is C=C(C(C)C)n1cccc1C#N.CC. The van der Waals surface area contributed by atoms with Crippen molar-refractivity contribution < 1.29 is 0 Å². The number of aromatic nitrogens is 1. The fraction of sp³-hybridized carbons (Fsp3) is 0.417. The van der Waals surface area contributed by atoms with Crippen molar-refractivity contribution in [2.75, 3.05) is 0 Å². The van der Waals surface area contributed by atoms with E-state index >= 15 is 0 Å². The first kappa shape index (κ1) is 12.5. The molecule has 0 saturated heterocycles. The zero-order chi connectivity index (χ0) is 11.1. The fourth-order valence-electron chi connectivity index (χ4n) is 1.00. The molecule has 0 fully saturated rings. The minimum absolute atomic E-state index is 0.365. The van der Waals surface area contributed by atoms with Gasteiger partial charge in [0.05, 0.1) is 0 Å². The van der Waals surface area contributed by atoms with Crippen molar-refractivity contribution in [1.29, 1.82) is 5.26 Å². The Bertz CT molecular complexity index is 326. The van der Waals surface area contributed by atoms with Crippen LogP contribution in [-0.2, 0) is 0 Å². The molecular formula is C12H18N2. The third kappa shape index (κ3) is 2.77. The van der Waals surface area contributed by atoms with Crippen LogP contribution in [0, 0.1) is 17.2 Å². The molecule has 0 saturated carbocycles. The maximum absolute atomic E-state index is 8.73. The van der Waals surface area contributed by atoms with Crippen LogP contribution < -0.4 is 0 Å². The average molecular weight is 190 g/mol. The minimum atomic E-state index is 0.365. The van der Waals surface area contributed by atoms with E-state index in [2.05, 4.69) is 26.5 Å². The Kier molecular flexibility index (Phi) is 5.40. The fourth-order valence-corrected chi connectivity index (χ4v) is 1.00. The van der Waals surface area contributed by atoms with E-state index in [0.29, 0.717) is 11.6 Å². The molecule has 0 aliphatic carbocycles. The molecule has 0 amide bonds. The lowest BCUT2D eigenvalue weighted by Gasteiger charge is -2.11. The van der Waals surface area contributed by atoms with Gasteiger partial charge in [0.1, 0.15) is 11.8 Å². The van der Waals surface area contributed by atoms with Gasteiger partial charge in [0.2, 0.25) is 0 Å². The Morgan fingerprint density at radius 1 is 1.50 bits per heavy atom. The van der Waals surface area contributed by atoms with Crippen LogP contribution in [-0.4, -0.2) is 4.57 Å². The second-order valence-electron chi connectivity index (χ2n) is 3.02. The topological polar surface area (TPSA) is 28.7 Å². The largest absolute Gasteiger partial charge is 0.312 e. The molecule has 1 heterocycles. The summed E-state index contributed by atoms with van der Waals surface area (Å²) in [5.74, 6) is 0.365. The minimum Gasteiger partial charge on any atom is -0.312 e. The molecule has 0 bridgehead atoms. The lowest BCUT2D eigenvalue weighted by atomic mass is 10.1. The van der Waals surface area contributed by atoms with E-state index in [9.17, 15) is 0 Å². The predicted molar refractivity (Wildman–Crippen MR) is 60.7 cm³/mol. The molecule has 0 aromatic carbocycles. The van der Waals surface area contributed by atoms with Gasteiger partial charge in [-0.05, 0) is 18.1 Å². The maximum Gasteiger partial charge on any atom is 0.124 e. The summed E-state index contributed by atoms with van der Waals surface area (Å²) in [6.45, 7) is 12.0. The second-order valence-corrected chi connectivity index (χ2v) is 3.02. The van der Waals surface area contributed by atoms with Gasteiger partial charge in [-0.25, -0.2) is 0 Å². The van der Waals surface area contributed by atoms with Crippen molar-refractivity contribution >= 4 is 5.70 Å². The van der Waals surface area contributed by atoms with Crippen LogP contribution in [0.25, 0.3) is 5.70 Å². The number of allylic oxidation sites excluding steroid dienone is 1. The maximum atomic E-state index is 8.73. The Morgan fingerprint density at radius 3 is 2.50 bits per heavy atom. The molecule has 0 radical (unpaired) electrons. The van der Waals surface area contributed by atoms with Crippen LogP contribution >= 0.6 is 0 Å². The average Bonchev–Trinajstić information content (AvgIpc) is 2.67. The first-order chi connectivity index (χ1) is 6.66. The highest BCUT2D eigenvalue weighted by Gasteiger charge is 2.05. The van der Waals surface area contributed by atoms with Gasteiger partial charge in [-0.15, -0.1) is 0 Å². The van der Waals surface area contributed by atoms with E-state index in [-0.39, 0.29) is 0 Å². The highest BCUT2D eigenvalue weighted by molar-refractivity contribution is 5.48. The van der Waals surface area contributed by atoms with Gasteiger partial charge >= 0.3 is 0 Å². The Morgan fingerprint density at radius 2 is 2.07 bits per heavy atom. The molecule has 0 aliphatic rings. The molecule has 1 aromatic rings. The van der Waals surface area contributed by atoms with E-state index in [0.717, 1.165) is 5.70 Å². The summed E-state index contributed by atoms with van der Waals surface area (Å²) in [6, 6.07) is 5.75. The van der Waals surface area contributed by atoms with Gasteiger partial charge in [0, 0.05) is 11.9 Å². The molecule has 0 aliphatic heterocycles. The molecule has 2 heteroatoms. The Hall–Kier alpha value is -1.49. The van der Waals surface area contributed by atoms with Crippen LogP contribution in [0.2, 0.25) is 0 Å². The van der Waals surface area contributed by atoms with Crippen molar-refractivity contribution in [3.05, 3.63) is 30.6 Å². The molecule has 76 valence electrons. The molecule has 0 N–H and O–H groups in total.